The third-order valence-electron chi connectivity index (χ3n) is 4.56. The molecule has 3 amide bonds. The van der Waals surface area contributed by atoms with E-state index in [-0.39, 0.29) is 35.5 Å². The van der Waals surface area contributed by atoms with Crippen LogP contribution in [0.5, 0.6) is 0 Å². The van der Waals surface area contributed by atoms with Crippen LogP contribution in [-0.4, -0.2) is 24.8 Å². The van der Waals surface area contributed by atoms with Crippen molar-refractivity contribution in [2.75, 3.05) is 11.9 Å². The Morgan fingerprint density at radius 3 is 2.43 bits per heavy atom. The van der Waals surface area contributed by atoms with Crippen LogP contribution in [0, 0.1) is 17.8 Å². The van der Waals surface area contributed by atoms with Gasteiger partial charge in [0, 0.05) is 13.0 Å². The lowest BCUT2D eigenvalue weighted by Crippen LogP contribution is -2.35. The van der Waals surface area contributed by atoms with Gasteiger partial charge in [-0.15, -0.1) is 0 Å². The minimum absolute atomic E-state index is 0.0353. The number of benzene rings is 1. The number of nitrogens with zero attached hydrogens (tertiary/aromatic N) is 1. The molecular weight excluding hydrogens is 268 g/mol. The zero-order valence-electron chi connectivity index (χ0n) is 11.9. The second-order valence-electron chi connectivity index (χ2n) is 5.68. The van der Waals surface area contributed by atoms with Gasteiger partial charge in [0.2, 0.25) is 17.7 Å². The molecular formula is C16H18N2O3. The Morgan fingerprint density at radius 1 is 1.10 bits per heavy atom. The normalized spacial score (nSPS) is 28.4. The SMILES string of the molecule is CNC(=O)C1CCC2C(=O)N(c3ccccc3)C(=O)C2C1. The fourth-order valence-corrected chi connectivity index (χ4v) is 3.45. The second kappa shape index (κ2) is 5.31. The lowest BCUT2D eigenvalue weighted by atomic mass is 9.75. The minimum atomic E-state index is -0.353. The first-order valence-electron chi connectivity index (χ1n) is 7.28. The topological polar surface area (TPSA) is 66.5 Å². The summed E-state index contributed by atoms with van der Waals surface area (Å²) in [5, 5.41) is 2.63. The Balaban J connectivity index is 1.85. The van der Waals surface area contributed by atoms with Crippen molar-refractivity contribution in [1.29, 1.82) is 0 Å². The average Bonchev–Trinajstić information content (AvgIpc) is 2.78. The number of nitrogens with one attached hydrogen (secondary N) is 1. The molecule has 2 fully saturated rings. The molecule has 1 heterocycles. The maximum Gasteiger partial charge on any atom is 0.237 e. The molecule has 0 aromatic heterocycles. The number of hydrogen-bond donors (Lipinski definition) is 1. The van der Waals surface area contributed by atoms with E-state index in [2.05, 4.69) is 5.32 Å². The first kappa shape index (κ1) is 13.8. The van der Waals surface area contributed by atoms with E-state index in [1.54, 1.807) is 19.2 Å². The van der Waals surface area contributed by atoms with Crippen molar-refractivity contribution in [2.24, 2.45) is 17.8 Å². The third-order valence-corrected chi connectivity index (χ3v) is 4.56. The largest absolute Gasteiger partial charge is 0.359 e. The lowest BCUT2D eigenvalue weighted by Gasteiger charge is -2.27. The van der Waals surface area contributed by atoms with Crippen LogP contribution in [-0.2, 0) is 14.4 Å². The highest BCUT2D eigenvalue weighted by Crippen LogP contribution is 2.42. The van der Waals surface area contributed by atoms with Crippen molar-refractivity contribution in [3.63, 3.8) is 0 Å². The van der Waals surface area contributed by atoms with Gasteiger partial charge in [0.05, 0.1) is 17.5 Å². The maximum absolute atomic E-state index is 12.6. The van der Waals surface area contributed by atoms with Gasteiger partial charge in [0.25, 0.3) is 0 Å². The molecule has 0 bridgehead atoms. The first-order valence-corrected chi connectivity index (χ1v) is 7.28. The standard InChI is InChI=1S/C16H18N2O3/c1-17-14(19)10-7-8-12-13(9-10)16(21)18(15(12)20)11-5-3-2-4-6-11/h2-6,10,12-13H,7-9H2,1H3,(H,17,19). The molecule has 1 saturated carbocycles. The van der Waals surface area contributed by atoms with E-state index in [9.17, 15) is 14.4 Å². The molecule has 0 spiro atoms. The van der Waals surface area contributed by atoms with Gasteiger partial charge in [-0.2, -0.15) is 0 Å². The lowest BCUT2D eigenvalue weighted by molar-refractivity contribution is -0.129. The summed E-state index contributed by atoms with van der Waals surface area (Å²) < 4.78 is 0. The molecule has 110 valence electrons. The van der Waals surface area contributed by atoms with Crippen molar-refractivity contribution < 1.29 is 14.4 Å². The van der Waals surface area contributed by atoms with Gasteiger partial charge in [-0.3, -0.25) is 19.3 Å². The smallest absolute Gasteiger partial charge is 0.237 e. The number of carbonyl (C=O) groups is 3. The summed E-state index contributed by atoms with van der Waals surface area (Å²) in [5.74, 6) is -1.10. The van der Waals surface area contributed by atoms with Crippen molar-refractivity contribution in [1.82, 2.24) is 5.32 Å². The monoisotopic (exact) mass is 286 g/mol. The van der Waals surface area contributed by atoms with E-state index in [1.165, 1.54) is 4.90 Å². The van der Waals surface area contributed by atoms with E-state index in [0.717, 1.165) is 0 Å². The van der Waals surface area contributed by atoms with E-state index >= 15 is 0 Å². The second-order valence-corrected chi connectivity index (χ2v) is 5.68. The Hall–Kier alpha value is -2.17. The quantitative estimate of drug-likeness (QED) is 0.834. The Bertz CT molecular complexity index is 584. The molecule has 1 saturated heterocycles. The summed E-state index contributed by atoms with van der Waals surface area (Å²) in [4.78, 5) is 38.1. The molecule has 1 aromatic rings. The zero-order chi connectivity index (χ0) is 15.0. The number of fused-ring (bicyclic) bond motifs is 1. The van der Waals surface area contributed by atoms with Crippen LogP contribution in [0.3, 0.4) is 0 Å². The Kier molecular flexibility index (Phi) is 3.49. The molecule has 0 radical (unpaired) electrons. The molecule has 1 aliphatic heterocycles. The van der Waals surface area contributed by atoms with Crippen molar-refractivity contribution in [3.8, 4) is 0 Å². The predicted molar refractivity (Wildman–Crippen MR) is 77.3 cm³/mol. The van der Waals surface area contributed by atoms with E-state index in [0.29, 0.717) is 24.9 Å². The van der Waals surface area contributed by atoms with Gasteiger partial charge in [-0.25, -0.2) is 0 Å². The van der Waals surface area contributed by atoms with Crippen LogP contribution in [0.15, 0.2) is 30.3 Å². The average molecular weight is 286 g/mol. The van der Waals surface area contributed by atoms with Crippen molar-refractivity contribution in [3.05, 3.63) is 30.3 Å². The van der Waals surface area contributed by atoms with Gasteiger partial charge < -0.3 is 5.32 Å². The molecule has 2 aliphatic rings. The molecule has 1 aromatic carbocycles. The van der Waals surface area contributed by atoms with E-state index in [1.807, 2.05) is 18.2 Å². The number of amides is 3. The number of para-hydroxylation sites is 1. The van der Waals surface area contributed by atoms with Crippen LogP contribution < -0.4 is 10.2 Å². The maximum atomic E-state index is 12.6. The molecule has 1 aliphatic carbocycles. The third kappa shape index (κ3) is 2.22. The number of hydrogen-bond acceptors (Lipinski definition) is 3. The van der Waals surface area contributed by atoms with E-state index in [4.69, 9.17) is 0 Å². The van der Waals surface area contributed by atoms with Crippen LogP contribution >= 0.6 is 0 Å². The van der Waals surface area contributed by atoms with E-state index < -0.39 is 0 Å². The highest BCUT2D eigenvalue weighted by Gasteiger charge is 2.51. The van der Waals surface area contributed by atoms with Crippen LogP contribution in [0.25, 0.3) is 0 Å². The molecule has 1 N–H and O–H groups in total. The Labute approximate surface area is 123 Å². The summed E-state index contributed by atoms with van der Waals surface area (Å²) in [6.07, 6.45) is 1.75. The van der Waals surface area contributed by atoms with Gasteiger partial charge in [0.1, 0.15) is 0 Å². The number of rotatable bonds is 2. The summed E-state index contributed by atoms with van der Waals surface area (Å²) in [5.41, 5.74) is 0.624. The fourth-order valence-electron chi connectivity index (χ4n) is 3.45. The fraction of sp³-hybridized carbons (Fsp3) is 0.438. The van der Waals surface area contributed by atoms with Crippen molar-refractivity contribution in [2.45, 2.75) is 19.3 Å². The van der Waals surface area contributed by atoms with Crippen LogP contribution in [0.1, 0.15) is 19.3 Å². The summed E-state index contributed by atoms with van der Waals surface area (Å²) in [6, 6.07) is 9.01. The zero-order valence-corrected chi connectivity index (χ0v) is 11.9. The predicted octanol–water partition coefficient (Wildman–Crippen LogP) is 1.34. The van der Waals surface area contributed by atoms with Crippen LogP contribution in [0.2, 0.25) is 0 Å². The number of anilines is 1. The Morgan fingerprint density at radius 2 is 1.76 bits per heavy atom. The molecule has 3 atom stereocenters. The van der Waals surface area contributed by atoms with Gasteiger partial charge in [0.15, 0.2) is 0 Å². The van der Waals surface area contributed by atoms with Gasteiger partial charge >= 0.3 is 0 Å². The summed E-state index contributed by atoms with van der Waals surface area (Å²) in [7, 11) is 1.60. The summed E-state index contributed by atoms with van der Waals surface area (Å²) in [6.45, 7) is 0. The van der Waals surface area contributed by atoms with Crippen molar-refractivity contribution >= 4 is 23.4 Å². The van der Waals surface area contributed by atoms with Gasteiger partial charge in [-0.1, -0.05) is 18.2 Å². The number of imide groups is 1. The molecule has 3 unspecified atom stereocenters. The first-order chi connectivity index (χ1) is 10.1. The molecule has 5 nitrogen and oxygen atoms in total. The molecule has 21 heavy (non-hydrogen) atoms. The van der Waals surface area contributed by atoms with Crippen LogP contribution in [0.4, 0.5) is 5.69 Å². The summed E-state index contributed by atoms with van der Waals surface area (Å²) >= 11 is 0. The van der Waals surface area contributed by atoms with Gasteiger partial charge in [-0.05, 0) is 31.4 Å². The highest BCUT2D eigenvalue weighted by atomic mass is 16.2. The molecule has 3 rings (SSSR count). The molecule has 5 heteroatoms. The number of carbonyl (C=O) groups excluding carboxylic acids is 3. The highest BCUT2D eigenvalue weighted by molar-refractivity contribution is 6.22. The minimum Gasteiger partial charge on any atom is -0.359 e.